The average Bonchev–Trinajstić information content (AvgIpc) is 2.03. The van der Waals surface area contributed by atoms with Crippen molar-refractivity contribution >= 4 is 0 Å². The number of aliphatic hydroxyl groups excluding tert-OH is 1. The molecule has 0 aliphatic carbocycles. The van der Waals surface area contributed by atoms with E-state index in [0.29, 0.717) is 5.56 Å². The Morgan fingerprint density at radius 1 is 1.38 bits per heavy atom. The van der Waals surface area contributed by atoms with Gasteiger partial charge >= 0.3 is 0 Å². The number of aliphatic hydroxyl groups is 2. The number of aromatic hydroxyl groups is 1. The van der Waals surface area contributed by atoms with Crippen molar-refractivity contribution in [3.05, 3.63) is 29.3 Å². The quantitative estimate of drug-likeness (QED) is 0.636. The lowest BCUT2D eigenvalue weighted by Gasteiger charge is -2.21. The van der Waals surface area contributed by atoms with Crippen LogP contribution in [0, 0.1) is 6.92 Å². The summed E-state index contributed by atoms with van der Waals surface area (Å²) in [5, 5.41) is 28.0. The molecule has 1 atom stereocenters. The minimum Gasteiger partial charge on any atom is -0.508 e. The lowest BCUT2D eigenvalue weighted by Crippen LogP contribution is -2.25. The fourth-order valence-electron chi connectivity index (χ4n) is 1.18. The molecule has 0 saturated heterocycles. The average molecular weight is 182 g/mol. The smallest absolute Gasteiger partial charge is 0.122 e. The Kier molecular flexibility index (Phi) is 2.59. The van der Waals surface area contributed by atoms with Crippen LogP contribution in [0.25, 0.3) is 0 Å². The van der Waals surface area contributed by atoms with Crippen LogP contribution in [0.5, 0.6) is 5.75 Å². The summed E-state index contributed by atoms with van der Waals surface area (Å²) < 4.78 is 0. The van der Waals surface area contributed by atoms with Gasteiger partial charge in [0.1, 0.15) is 11.4 Å². The lowest BCUT2D eigenvalue weighted by molar-refractivity contribution is -0.00399. The van der Waals surface area contributed by atoms with Gasteiger partial charge in [0, 0.05) is 5.56 Å². The van der Waals surface area contributed by atoms with E-state index in [4.69, 9.17) is 5.11 Å². The van der Waals surface area contributed by atoms with Crippen molar-refractivity contribution in [2.24, 2.45) is 0 Å². The van der Waals surface area contributed by atoms with Crippen LogP contribution in [0.2, 0.25) is 0 Å². The highest BCUT2D eigenvalue weighted by atomic mass is 16.3. The van der Waals surface area contributed by atoms with Crippen LogP contribution in [-0.4, -0.2) is 21.9 Å². The van der Waals surface area contributed by atoms with Gasteiger partial charge in [0.2, 0.25) is 0 Å². The zero-order chi connectivity index (χ0) is 10.1. The minimum absolute atomic E-state index is 0.0130. The number of hydrogen-bond donors (Lipinski definition) is 3. The molecule has 0 fully saturated rings. The van der Waals surface area contributed by atoms with E-state index >= 15 is 0 Å². The molecule has 0 amide bonds. The van der Waals surface area contributed by atoms with Crippen LogP contribution in [-0.2, 0) is 5.60 Å². The third-order valence-corrected chi connectivity index (χ3v) is 2.04. The highest BCUT2D eigenvalue weighted by molar-refractivity contribution is 5.39. The monoisotopic (exact) mass is 182 g/mol. The number of benzene rings is 1. The van der Waals surface area contributed by atoms with Crippen molar-refractivity contribution in [2.45, 2.75) is 19.4 Å². The molecule has 0 aliphatic heterocycles. The molecule has 0 bridgehead atoms. The molecule has 0 saturated carbocycles. The molecule has 72 valence electrons. The van der Waals surface area contributed by atoms with Gasteiger partial charge in [0.05, 0.1) is 6.61 Å². The fraction of sp³-hybridized carbons (Fsp3) is 0.400. The van der Waals surface area contributed by atoms with Crippen molar-refractivity contribution < 1.29 is 15.3 Å². The summed E-state index contributed by atoms with van der Waals surface area (Å²) in [6.07, 6.45) is 0. The molecule has 0 heterocycles. The molecular weight excluding hydrogens is 168 g/mol. The molecule has 0 unspecified atom stereocenters. The maximum Gasteiger partial charge on any atom is 0.122 e. The molecule has 3 nitrogen and oxygen atoms in total. The molecular formula is C10H14O3. The van der Waals surface area contributed by atoms with E-state index in [1.807, 2.05) is 6.92 Å². The van der Waals surface area contributed by atoms with Crippen LogP contribution in [0.15, 0.2) is 18.2 Å². The van der Waals surface area contributed by atoms with Gasteiger partial charge in [-0.1, -0.05) is 12.1 Å². The van der Waals surface area contributed by atoms with Crippen LogP contribution in [0.1, 0.15) is 18.1 Å². The second-order valence-electron chi connectivity index (χ2n) is 3.45. The summed E-state index contributed by atoms with van der Waals surface area (Å²) >= 11 is 0. The Hall–Kier alpha value is -1.06. The lowest BCUT2D eigenvalue weighted by atomic mass is 9.95. The van der Waals surface area contributed by atoms with Crippen molar-refractivity contribution in [3.63, 3.8) is 0 Å². The second-order valence-corrected chi connectivity index (χ2v) is 3.45. The number of hydrogen-bond acceptors (Lipinski definition) is 3. The molecule has 1 aromatic carbocycles. The standard InChI is InChI=1S/C10H14O3/c1-7-3-4-8(9(12)5-7)10(2,13)6-11/h3-5,11-13H,6H2,1-2H3/t10-/m1/s1. The van der Waals surface area contributed by atoms with Crippen molar-refractivity contribution in [2.75, 3.05) is 6.61 Å². The van der Waals surface area contributed by atoms with Gasteiger partial charge in [-0.2, -0.15) is 0 Å². The maximum atomic E-state index is 9.66. The highest BCUT2D eigenvalue weighted by Crippen LogP contribution is 2.29. The number of rotatable bonds is 2. The van der Waals surface area contributed by atoms with Crippen molar-refractivity contribution in [1.82, 2.24) is 0 Å². The third kappa shape index (κ3) is 1.99. The molecule has 1 rings (SSSR count). The normalized spacial score (nSPS) is 15.4. The van der Waals surface area contributed by atoms with E-state index in [2.05, 4.69) is 0 Å². The first-order valence-corrected chi connectivity index (χ1v) is 4.11. The summed E-state index contributed by atoms with van der Waals surface area (Å²) in [7, 11) is 0. The van der Waals surface area contributed by atoms with E-state index in [9.17, 15) is 10.2 Å². The van der Waals surface area contributed by atoms with Crippen LogP contribution in [0.4, 0.5) is 0 Å². The summed E-state index contributed by atoms with van der Waals surface area (Å²) in [5.41, 5.74) is -0.117. The van der Waals surface area contributed by atoms with E-state index in [1.165, 1.54) is 6.92 Å². The first-order valence-electron chi connectivity index (χ1n) is 4.11. The minimum atomic E-state index is -1.38. The van der Waals surface area contributed by atoms with Gasteiger partial charge in [0.15, 0.2) is 0 Å². The molecule has 0 aliphatic rings. The van der Waals surface area contributed by atoms with Gasteiger partial charge < -0.3 is 15.3 Å². The van der Waals surface area contributed by atoms with Crippen molar-refractivity contribution in [1.29, 1.82) is 0 Å². The van der Waals surface area contributed by atoms with Gasteiger partial charge in [-0.05, 0) is 25.5 Å². The Morgan fingerprint density at radius 2 is 2.00 bits per heavy atom. The van der Waals surface area contributed by atoms with E-state index < -0.39 is 12.2 Å². The predicted octanol–water partition coefficient (Wildman–Crippen LogP) is 0.900. The number of phenols is 1. The fourth-order valence-corrected chi connectivity index (χ4v) is 1.18. The predicted molar refractivity (Wildman–Crippen MR) is 49.5 cm³/mol. The largest absolute Gasteiger partial charge is 0.508 e. The van der Waals surface area contributed by atoms with E-state index in [0.717, 1.165) is 5.56 Å². The summed E-state index contributed by atoms with van der Waals surface area (Å²) in [5.74, 6) is 0.0130. The molecule has 3 heteroatoms. The van der Waals surface area contributed by atoms with Gasteiger partial charge in [-0.25, -0.2) is 0 Å². The topological polar surface area (TPSA) is 60.7 Å². The zero-order valence-electron chi connectivity index (χ0n) is 7.78. The Balaban J connectivity index is 3.16. The SMILES string of the molecule is Cc1ccc([C@](C)(O)CO)c(O)c1. The number of aryl methyl sites for hydroxylation is 1. The maximum absolute atomic E-state index is 9.66. The van der Waals surface area contributed by atoms with E-state index in [1.54, 1.807) is 18.2 Å². The summed E-state index contributed by atoms with van der Waals surface area (Å²) in [4.78, 5) is 0. The summed E-state index contributed by atoms with van der Waals surface area (Å²) in [6, 6.07) is 4.94. The molecule has 0 radical (unpaired) electrons. The highest BCUT2D eigenvalue weighted by Gasteiger charge is 2.24. The first kappa shape index (κ1) is 10.0. The van der Waals surface area contributed by atoms with Gasteiger partial charge in [0.25, 0.3) is 0 Å². The summed E-state index contributed by atoms with van der Waals surface area (Å²) in [6.45, 7) is 2.89. The number of phenolic OH excluding ortho intramolecular Hbond substituents is 1. The van der Waals surface area contributed by atoms with E-state index in [-0.39, 0.29) is 5.75 Å². The Bertz CT molecular complexity index is 305. The zero-order valence-corrected chi connectivity index (χ0v) is 7.78. The van der Waals surface area contributed by atoms with Gasteiger partial charge in [-0.15, -0.1) is 0 Å². The van der Waals surface area contributed by atoms with Crippen LogP contribution < -0.4 is 0 Å². The third-order valence-electron chi connectivity index (χ3n) is 2.04. The van der Waals surface area contributed by atoms with Gasteiger partial charge in [-0.3, -0.25) is 0 Å². The molecule has 1 aromatic rings. The van der Waals surface area contributed by atoms with Crippen LogP contribution in [0.3, 0.4) is 0 Å². The molecule has 3 N–H and O–H groups in total. The molecule has 13 heavy (non-hydrogen) atoms. The Morgan fingerprint density at radius 3 is 2.46 bits per heavy atom. The molecule has 0 spiro atoms. The first-order chi connectivity index (χ1) is 5.97. The van der Waals surface area contributed by atoms with Crippen LogP contribution >= 0.6 is 0 Å². The van der Waals surface area contributed by atoms with Crippen molar-refractivity contribution in [3.8, 4) is 5.75 Å². The Labute approximate surface area is 77.3 Å². The second kappa shape index (κ2) is 3.36. The molecule has 0 aromatic heterocycles.